The minimum Gasteiger partial charge on any atom is -0.355 e. The van der Waals surface area contributed by atoms with Crippen molar-refractivity contribution in [1.29, 1.82) is 0 Å². The van der Waals surface area contributed by atoms with Crippen LogP contribution in [0.4, 0.5) is 0 Å². The minimum absolute atomic E-state index is 0.0293. The van der Waals surface area contributed by atoms with Gasteiger partial charge in [-0.25, -0.2) is 4.98 Å². The molecule has 1 aromatic heterocycles. The van der Waals surface area contributed by atoms with Crippen LogP contribution in [0.3, 0.4) is 0 Å². The molecular weight excluding hydrogens is 238 g/mol. The van der Waals surface area contributed by atoms with Crippen LogP contribution in [0.15, 0.2) is 36.5 Å². The van der Waals surface area contributed by atoms with Gasteiger partial charge in [0.05, 0.1) is 0 Å². The van der Waals surface area contributed by atoms with E-state index in [1.165, 1.54) is 0 Å². The molecule has 0 spiro atoms. The van der Waals surface area contributed by atoms with Crippen molar-refractivity contribution in [3.63, 3.8) is 0 Å². The van der Waals surface area contributed by atoms with Gasteiger partial charge >= 0.3 is 0 Å². The Kier molecular flexibility index (Phi) is 4.34. The maximum Gasteiger partial charge on any atom is 0.222 e. The first-order valence-electron chi connectivity index (χ1n) is 6.54. The number of hydrogen-bond donors (Lipinski definition) is 2. The van der Waals surface area contributed by atoms with Crippen LogP contribution in [-0.4, -0.2) is 22.4 Å². The van der Waals surface area contributed by atoms with Crippen LogP contribution in [0, 0.1) is 5.92 Å². The Morgan fingerprint density at radius 3 is 2.74 bits per heavy atom. The van der Waals surface area contributed by atoms with Crippen molar-refractivity contribution in [2.75, 3.05) is 6.54 Å². The lowest BCUT2D eigenvalue weighted by Gasteiger charge is -2.06. The first-order valence-corrected chi connectivity index (χ1v) is 6.54. The third-order valence-electron chi connectivity index (χ3n) is 2.89. The third kappa shape index (κ3) is 3.68. The molecule has 0 saturated carbocycles. The van der Waals surface area contributed by atoms with E-state index in [9.17, 15) is 4.79 Å². The maximum absolute atomic E-state index is 11.4. The highest BCUT2D eigenvalue weighted by Crippen LogP contribution is 2.14. The summed E-state index contributed by atoms with van der Waals surface area (Å²) >= 11 is 0. The summed E-state index contributed by atoms with van der Waals surface area (Å²) in [6.45, 7) is 4.41. The fourth-order valence-corrected chi connectivity index (χ4v) is 1.75. The number of amides is 1. The molecule has 0 fully saturated rings. The lowest BCUT2D eigenvalue weighted by Crippen LogP contribution is -2.29. The Hall–Kier alpha value is -2.10. The number of rotatable bonds is 5. The van der Waals surface area contributed by atoms with E-state index in [0.29, 0.717) is 6.54 Å². The summed E-state index contributed by atoms with van der Waals surface area (Å²) in [7, 11) is 0. The molecule has 2 rings (SSSR count). The van der Waals surface area contributed by atoms with E-state index in [4.69, 9.17) is 0 Å². The normalized spacial score (nSPS) is 10.7. The summed E-state index contributed by atoms with van der Waals surface area (Å²) in [6, 6.07) is 9.99. The number of nitrogens with one attached hydrogen (secondary N) is 2. The predicted octanol–water partition coefficient (Wildman–Crippen LogP) is 2.39. The monoisotopic (exact) mass is 257 g/mol. The van der Waals surface area contributed by atoms with E-state index in [0.717, 1.165) is 23.5 Å². The Balaban J connectivity index is 1.90. The molecule has 0 saturated heterocycles. The quantitative estimate of drug-likeness (QED) is 0.864. The highest BCUT2D eigenvalue weighted by atomic mass is 16.1. The Morgan fingerprint density at radius 1 is 1.32 bits per heavy atom. The molecule has 1 heterocycles. The molecule has 1 aromatic carbocycles. The van der Waals surface area contributed by atoms with Crippen molar-refractivity contribution >= 4 is 5.91 Å². The summed E-state index contributed by atoms with van der Waals surface area (Å²) in [4.78, 5) is 19.0. The third-order valence-corrected chi connectivity index (χ3v) is 2.89. The van der Waals surface area contributed by atoms with Crippen LogP contribution in [0.2, 0.25) is 0 Å². The molecule has 0 aliphatic heterocycles. The SMILES string of the molecule is CC(C)C(=O)NCCc1cnc(-c2ccccc2)[nH]1. The van der Waals surface area contributed by atoms with Crippen molar-refractivity contribution in [3.05, 3.63) is 42.2 Å². The molecule has 4 heteroatoms. The average molecular weight is 257 g/mol. The summed E-state index contributed by atoms with van der Waals surface area (Å²) in [5, 5.41) is 2.89. The largest absolute Gasteiger partial charge is 0.355 e. The molecular formula is C15H19N3O. The summed E-state index contributed by atoms with van der Waals surface area (Å²) in [5.74, 6) is 0.982. The van der Waals surface area contributed by atoms with Gasteiger partial charge in [0.15, 0.2) is 0 Å². The van der Waals surface area contributed by atoms with Crippen LogP contribution >= 0.6 is 0 Å². The number of carbonyl (C=O) groups is 1. The van der Waals surface area contributed by atoms with E-state index in [1.54, 1.807) is 0 Å². The Morgan fingerprint density at radius 2 is 2.05 bits per heavy atom. The first-order chi connectivity index (χ1) is 9.16. The summed E-state index contributed by atoms with van der Waals surface area (Å²) in [5.41, 5.74) is 2.10. The number of nitrogens with zero attached hydrogens (tertiary/aromatic N) is 1. The molecule has 0 radical (unpaired) electrons. The molecule has 0 aliphatic carbocycles. The first kappa shape index (κ1) is 13.3. The Bertz CT molecular complexity index is 531. The minimum atomic E-state index is 0.0293. The van der Waals surface area contributed by atoms with Gasteiger partial charge in [0, 0.05) is 36.3 Å². The zero-order chi connectivity index (χ0) is 13.7. The molecule has 4 nitrogen and oxygen atoms in total. The molecule has 0 atom stereocenters. The number of aromatic amines is 1. The van der Waals surface area contributed by atoms with Gasteiger partial charge in [0.1, 0.15) is 5.82 Å². The fraction of sp³-hybridized carbons (Fsp3) is 0.333. The van der Waals surface area contributed by atoms with Crippen LogP contribution in [-0.2, 0) is 11.2 Å². The lowest BCUT2D eigenvalue weighted by molar-refractivity contribution is -0.123. The van der Waals surface area contributed by atoms with Crippen molar-refractivity contribution < 1.29 is 4.79 Å². The number of aromatic nitrogens is 2. The van der Waals surface area contributed by atoms with Crippen LogP contribution in [0.25, 0.3) is 11.4 Å². The number of hydrogen-bond acceptors (Lipinski definition) is 2. The van der Waals surface area contributed by atoms with Gasteiger partial charge in [-0.1, -0.05) is 44.2 Å². The van der Waals surface area contributed by atoms with Gasteiger partial charge in [-0.2, -0.15) is 0 Å². The van der Waals surface area contributed by atoms with Crippen LogP contribution in [0.5, 0.6) is 0 Å². The standard InChI is InChI=1S/C15H19N3O/c1-11(2)15(19)16-9-8-13-10-17-14(18-13)12-6-4-3-5-7-12/h3-7,10-11H,8-9H2,1-2H3,(H,16,19)(H,17,18). The van der Waals surface area contributed by atoms with E-state index in [1.807, 2.05) is 50.4 Å². The number of imidazole rings is 1. The number of carbonyl (C=O) groups excluding carboxylic acids is 1. The molecule has 2 N–H and O–H groups in total. The van der Waals surface area contributed by atoms with Crippen molar-refractivity contribution in [1.82, 2.24) is 15.3 Å². The highest BCUT2D eigenvalue weighted by Gasteiger charge is 2.06. The smallest absolute Gasteiger partial charge is 0.222 e. The van der Waals surface area contributed by atoms with Gasteiger partial charge in [0.2, 0.25) is 5.91 Å². The lowest BCUT2D eigenvalue weighted by atomic mass is 10.2. The molecule has 0 aliphatic rings. The van der Waals surface area contributed by atoms with Crippen LogP contribution in [0.1, 0.15) is 19.5 Å². The number of H-pyrrole nitrogens is 1. The molecule has 0 bridgehead atoms. The zero-order valence-electron chi connectivity index (χ0n) is 11.3. The molecule has 2 aromatic rings. The second-order valence-electron chi connectivity index (χ2n) is 4.82. The maximum atomic E-state index is 11.4. The van der Waals surface area contributed by atoms with Crippen molar-refractivity contribution in [3.8, 4) is 11.4 Å². The summed E-state index contributed by atoms with van der Waals surface area (Å²) < 4.78 is 0. The second-order valence-corrected chi connectivity index (χ2v) is 4.82. The van der Waals surface area contributed by atoms with Gasteiger partial charge in [-0.05, 0) is 0 Å². The Labute approximate surface area is 113 Å². The van der Waals surface area contributed by atoms with Gasteiger partial charge in [0.25, 0.3) is 0 Å². The van der Waals surface area contributed by atoms with E-state index < -0.39 is 0 Å². The topological polar surface area (TPSA) is 57.8 Å². The van der Waals surface area contributed by atoms with Crippen LogP contribution < -0.4 is 5.32 Å². The summed E-state index contributed by atoms with van der Waals surface area (Å²) in [6.07, 6.45) is 2.59. The molecule has 19 heavy (non-hydrogen) atoms. The van der Waals surface area contributed by atoms with Crippen molar-refractivity contribution in [2.24, 2.45) is 5.92 Å². The molecule has 0 unspecified atom stereocenters. The van der Waals surface area contributed by atoms with Gasteiger partial charge < -0.3 is 10.3 Å². The van der Waals surface area contributed by atoms with E-state index in [2.05, 4.69) is 15.3 Å². The number of benzene rings is 1. The van der Waals surface area contributed by atoms with E-state index >= 15 is 0 Å². The van der Waals surface area contributed by atoms with Gasteiger partial charge in [-0.15, -0.1) is 0 Å². The second kappa shape index (κ2) is 6.18. The van der Waals surface area contributed by atoms with Crippen molar-refractivity contribution in [2.45, 2.75) is 20.3 Å². The average Bonchev–Trinajstić information content (AvgIpc) is 2.88. The highest BCUT2D eigenvalue weighted by molar-refractivity contribution is 5.77. The van der Waals surface area contributed by atoms with Gasteiger partial charge in [-0.3, -0.25) is 4.79 Å². The molecule has 100 valence electrons. The zero-order valence-corrected chi connectivity index (χ0v) is 11.3. The van der Waals surface area contributed by atoms with E-state index in [-0.39, 0.29) is 11.8 Å². The fourth-order valence-electron chi connectivity index (χ4n) is 1.75. The molecule has 1 amide bonds. The predicted molar refractivity (Wildman–Crippen MR) is 75.6 cm³/mol.